The van der Waals surface area contributed by atoms with Gasteiger partial charge in [0.25, 0.3) is 0 Å². The topological polar surface area (TPSA) is 49.8 Å². The summed E-state index contributed by atoms with van der Waals surface area (Å²) in [6, 6.07) is 4.15. The number of ether oxygens (including phenoxy) is 1. The number of halogens is 2. The summed E-state index contributed by atoms with van der Waals surface area (Å²) in [6.07, 6.45) is 0.0354. The molecule has 0 aromatic carbocycles. The molecule has 5 nitrogen and oxygen atoms in total. The van der Waals surface area contributed by atoms with Crippen molar-refractivity contribution in [3.8, 4) is 0 Å². The molecule has 25 heavy (non-hydrogen) atoms. The van der Waals surface area contributed by atoms with Crippen LogP contribution in [-0.2, 0) is 17.8 Å². The van der Waals surface area contributed by atoms with Crippen molar-refractivity contribution in [1.29, 1.82) is 0 Å². The third-order valence-corrected chi connectivity index (χ3v) is 6.04. The standard InChI is InChI=1S/C16H23BrN4OS2.HI/c1-5-18-16(19-8-13-6-7-14(17)24-13)21(3)9-12-10-23-15(20-12)11(2)22-4;/h6-7,10-11H,5,8-9H2,1-4H3,(H,18,19);1H. The first kappa shape index (κ1) is 22.8. The lowest BCUT2D eigenvalue weighted by Crippen LogP contribution is -2.38. The average Bonchev–Trinajstić information content (AvgIpc) is 3.19. The van der Waals surface area contributed by atoms with Gasteiger partial charge in [-0.3, -0.25) is 0 Å². The van der Waals surface area contributed by atoms with Gasteiger partial charge >= 0.3 is 0 Å². The molecular formula is C16H24BrIN4OS2. The van der Waals surface area contributed by atoms with E-state index >= 15 is 0 Å². The van der Waals surface area contributed by atoms with Crippen LogP contribution in [0.15, 0.2) is 26.3 Å². The van der Waals surface area contributed by atoms with Crippen LogP contribution in [0.4, 0.5) is 0 Å². The quantitative estimate of drug-likeness (QED) is 0.299. The second-order valence-electron chi connectivity index (χ2n) is 5.29. The third kappa shape index (κ3) is 7.12. The highest BCUT2D eigenvalue weighted by Gasteiger charge is 2.12. The summed E-state index contributed by atoms with van der Waals surface area (Å²) >= 11 is 6.84. The Labute approximate surface area is 183 Å². The highest BCUT2D eigenvalue weighted by Crippen LogP contribution is 2.23. The molecule has 0 aliphatic rings. The maximum absolute atomic E-state index is 5.33. The minimum Gasteiger partial charge on any atom is -0.375 e. The summed E-state index contributed by atoms with van der Waals surface area (Å²) in [6.45, 7) is 6.31. The van der Waals surface area contributed by atoms with Crippen molar-refractivity contribution in [2.24, 2.45) is 4.99 Å². The van der Waals surface area contributed by atoms with Gasteiger partial charge in [-0.05, 0) is 41.9 Å². The van der Waals surface area contributed by atoms with Gasteiger partial charge in [0.1, 0.15) is 11.1 Å². The third-order valence-electron chi connectivity index (χ3n) is 3.38. The van der Waals surface area contributed by atoms with E-state index in [2.05, 4.69) is 55.6 Å². The Morgan fingerprint density at radius 1 is 1.48 bits per heavy atom. The van der Waals surface area contributed by atoms with E-state index in [4.69, 9.17) is 9.73 Å². The van der Waals surface area contributed by atoms with E-state index in [1.54, 1.807) is 29.8 Å². The van der Waals surface area contributed by atoms with Crippen LogP contribution in [0.5, 0.6) is 0 Å². The Kier molecular flexibility index (Phi) is 10.5. The fourth-order valence-corrected chi connectivity index (χ4v) is 4.31. The Balaban J connectivity index is 0.00000312. The highest BCUT2D eigenvalue weighted by molar-refractivity contribution is 14.0. The molecule has 2 heterocycles. The lowest BCUT2D eigenvalue weighted by Gasteiger charge is -2.21. The molecule has 140 valence electrons. The van der Waals surface area contributed by atoms with Gasteiger partial charge in [-0.1, -0.05) is 0 Å². The smallest absolute Gasteiger partial charge is 0.194 e. The maximum Gasteiger partial charge on any atom is 0.194 e. The Bertz CT molecular complexity index is 677. The number of thiazole rings is 1. The SMILES string of the molecule is CCNC(=NCc1ccc(Br)s1)N(C)Cc1csc(C(C)OC)n1.I. The van der Waals surface area contributed by atoms with E-state index in [0.717, 1.165) is 27.0 Å². The zero-order chi connectivity index (χ0) is 17.5. The summed E-state index contributed by atoms with van der Waals surface area (Å²) in [5, 5.41) is 6.43. The molecule has 1 N–H and O–H groups in total. The number of thiophene rings is 1. The van der Waals surface area contributed by atoms with Gasteiger partial charge in [-0.25, -0.2) is 9.98 Å². The van der Waals surface area contributed by atoms with Gasteiger partial charge in [0, 0.05) is 31.0 Å². The highest BCUT2D eigenvalue weighted by atomic mass is 127. The van der Waals surface area contributed by atoms with Gasteiger partial charge < -0.3 is 15.0 Å². The number of nitrogens with one attached hydrogen (secondary N) is 1. The molecule has 0 bridgehead atoms. The number of hydrogen-bond acceptors (Lipinski definition) is 5. The molecule has 1 unspecified atom stereocenters. The molecule has 2 aromatic rings. The van der Waals surface area contributed by atoms with E-state index in [0.29, 0.717) is 13.1 Å². The zero-order valence-corrected chi connectivity index (χ0v) is 20.3. The Morgan fingerprint density at radius 2 is 2.24 bits per heavy atom. The summed E-state index contributed by atoms with van der Waals surface area (Å²) in [5.41, 5.74) is 1.03. The van der Waals surface area contributed by atoms with Gasteiger partial charge in [-0.15, -0.1) is 46.7 Å². The fraction of sp³-hybridized carbons (Fsp3) is 0.500. The van der Waals surface area contributed by atoms with E-state index in [9.17, 15) is 0 Å². The first-order valence-electron chi connectivity index (χ1n) is 7.74. The largest absolute Gasteiger partial charge is 0.375 e. The number of aliphatic imine (C=N–C) groups is 1. The molecule has 0 amide bonds. The number of guanidine groups is 1. The molecule has 0 aliphatic heterocycles. The molecule has 0 saturated carbocycles. The van der Waals surface area contributed by atoms with Crippen LogP contribution in [0.2, 0.25) is 0 Å². The van der Waals surface area contributed by atoms with E-state index in [1.165, 1.54) is 4.88 Å². The van der Waals surface area contributed by atoms with Crippen LogP contribution >= 0.6 is 62.6 Å². The average molecular weight is 559 g/mol. The number of rotatable bonds is 7. The summed E-state index contributed by atoms with van der Waals surface area (Å²) < 4.78 is 6.46. The van der Waals surface area contributed by atoms with Crippen LogP contribution in [0.25, 0.3) is 0 Å². The van der Waals surface area contributed by atoms with Gasteiger partial charge in [-0.2, -0.15) is 0 Å². The van der Waals surface area contributed by atoms with Gasteiger partial charge in [0.15, 0.2) is 5.96 Å². The summed E-state index contributed by atoms with van der Waals surface area (Å²) in [7, 11) is 3.74. The van der Waals surface area contributed by atoms with Gasteiger partial charge in [0.05, 0.1) is 22.6 Å². The number of aromatic nitrogens is 1. The molecule has 0 aliphatic carbocycles. The van der Waals surface area contributed by atoms with Crippen molar-refractivity contribution >= 4 is 68.5 Å². The monoisotopic (exact) mass is 558 g/mol. The lowest BCUT2D eigenvalue weighted by molar-refractivity contribution is 0.119. The van der Waals surface area contributed by atoms with Crippen molar-refractivity contribution in [1.82, 2.24) is 15.2 Å². The van der Waals surface area contributed by atoms with Crippen molar-refractivity contribution in [2.45, 2.75) is 33.0 Å². The molecule has 2 aromatic heterocycles. The van der Waals surface area contributed by atoms with Crippen molar-refractivity contribution in [2.75, 3.05) is 20.7 Å². The van der Waals surface area contributed by atoms with Crippen molar-refractivity contribution in [3.05, 3.63) is 36.9 Å². The molecule has 9 heteroatoms. The predicted octanol–water partition coefficient (Wildman–Crippen LogP) is 4.89. The Morgan fingerprint density at radius 3 is 2.84 bits per heavy atom. The first-order chi connectivity index (χ1) is 11.5. The van der Waals surface area contributed by atoms with E-state index in [1.807, 2.05) is 14.0 Å². The minimum absolute atomic E-state index is 0. The summed E-state index contributed by atoms with van der Waals surface area (Å²) in [4.78, 5) is 12.7. The molecule has 0 saturated heterocycles. The predicted molar refractivity (Wildman–Crippen MR) is 121 cm³/mol. The molecule has 2 rings (SSSR count). The van der Waals surface area contributed by atoms with Crippen LogP contribution in [-0.4, -0.2) is 36.5 Å². The van der Waals surface area contributed by atoms with Gasteiger partial charge in [0.2, 0.25) is 0 Å². The maximum atomic E-state index is 5.33. The fourth-order valence-electron chi connectivity index (χ4n) is 2.06. The number of methoxy groups -OCH3 is 1. The second kappa shape index (κ2) is 11.5. The van der Waals surface area contributed by atoms with Crippen molar-refractivity contribution in [3.63, 3.8) is 0 Å². The molecule has 0 fully saturated rings. The number of hydrogen-bond donors (Lipinski definition) is 1. The zero-order valence-electron chi connectivity index (χ0n) is 14.8. The molecule has 0 spiro atoms. The minimum atomic E-state index is 0. The normalized spacial score (nSPS) is 12.6. The molecular weight excluding hydrogens is 535 g/mol. The Hall–Kier alpha value is -0.230. The van der Waals surface area contributed by atoms with Crippen LogP contribution < -0.4 is 5.32 Å². The molecule has 0 radical (unpaired) electrons. The van der Waals surface area contributed by atoms with Crippen LogP contribution in [0, 0.1) is 0 Å². The molecule has 1 atom stereocenters. The lowest BCUT2D eigenvalue weighted by atomic mass is 10.4. The van der Waals surface area contributed by atoms with E-state index < -0.39 is 0 Å². The van der Waals surface area contributed by atoms with E-state index in [-0.39, 0.29) is 30.1 Å². The summed E-state index contributed by atoms with van der Waals surface area (Å²) in [5.74, 6) is 0.886. The second-order valence-corrected chi connectivity index (χ2v) is 8.72. The van der Waals surface area contributed by atoms with Crippen molar-refractivity contribution < 1.29 is 4.74 Å². The number of nitrogens with zero attached hydrogens (tertiary/aromatic N) is 3. The van der Waals surface area contributed by atoms with Crippen LogP contribution in [0.1, 0.15) is 35.5 Å². The van der Waals surface area contributed by atoms with Crippen LogP contribution in [0.3, 0.4) is 0 Å². The first-order valence-corrected chi connectivity index (χ1v) is 10.2.